The van der Waals surface area contributed by atoms with Gasteiger partial charge in [0.05, 0.1) is 11.4 Å². The maximum absolute atomic E-state index is 12.2. The Morgan fingerprint density at radius 2 is 1.88 bits per heavy atom. The van der Waals surface area contributed by atoms with Gasteiger partial charge in [0, 0.05) is 10.9 Å². The number of benzene rings is 1. The van der Waals surface area contributed by atoms with Gasteiger partial charge in [-0.05, 0) is 31.0 Å². The second kappa shape index (κ2) is 4.22. The SMILES string of the molecule is Cc1ccc(C(=O)c2scc(N)c2N)cc1C. The van der Waals surface area contributed by atoms with E-state index in [1.165, 1.54) is 16.9 Å². The number of hydrogen-bond donors (Lipinski definition) is 2. The first-order chi connectivity index (χ1) is 8.00. The van der Waals surface area contributed by atoms with Crippen LogP contribution in [-0.2, 0) is 0 Å². The number of hydrogen-bond acceptors (Lipinski definition) is 4. The van der Waals surface area contributed by atoms with Gasteiger partial charge in [-0.3, -0.25) is 4.79 Å². The highest BCUT2D eigenvalue weighted by atomic mass is 32.1. The molecule has 1 heterocycles. The van der Waals surface area contributed by atoms with Crippen molar-refractivity contribution in [1.82, 2.24) is 0 Å². The van der Waals surface area contributed by atoms with E-state index in [-0.39, 0.29) is 5.78 Å². The second-order valence-corrected chi connectivity index (χ2v) is 4.94. The van der Waals surface area contributed by atoms with Crippen LogP contribution in [0.2, 0.25) is 0 Å². The molecule has 17 heavy (non-hydrogen) atoms. The highest BCUT2D eigenvalue weighted by Gasteiger charge is 2.16. The molecule has 4 heteroatoms. The number of ketones is 1. The van der Waals surface area contributed by atoms with Crippen LogP contribution < -0.4 is 11.5 Å². The van der Waals surface area contributed by atoms with Gasteiger partial charge in [0.2, 0.25) is 5.78 Å². The highest BCUT2D eigenvalue weighted by Crippen LogP contribution is 2.29. The molecule has 3 nitrogen and oxygen atoms in total. The molecule has 2 rings (SSSR count). The molecule has 4 N–H and O–H groups in total. The maximum atomic E-state index is 12.2. The van der Waals surface area contributed by atoms with Crippen molar-refractivity contribution < 1.29 is 4.79 Å². The molecule has 0 bridgehead atoms. The Balaban J connectivity index is 2.44. The lowest BCUT2D eigenvalue weighted by atomic mass is 10.0. The number of carbonyl (C=O) groups excluding carboxylic acids is 1. The zero-order chi connectivity index (χ0) is 12.6. The summed E-state index contributed by atoms with van der Waals surface area (Å²) in [6.07, 6.45) is 0. The van der Waals surface area contributed by atoms with Crippen molar-refractivity contribution in [1.29, 1.82) is 0 Å². The van der Waals surface area contributed by atoms with Gasteiger partial charge < -0.3 is 11.5 Å². The first-order valence-corrected chi connectivity index (χ1v) is 6.13. The summed E-state index contributed by atoms with van der Waals surface area (Å²) in [6, 6.07) is 5.64. The fourth-order valence-corrected chi connectivity index (χ4v) is 2.41. The average Bonchev–Trinajstić information content (AvgIpc) is 2.63. The van der Waals surface area contributed by atoms with E-state index in [1.807, 2.05) is 32.0 Å². The molecule has 0 atom stereocenters. The molecule has 0 amide bonds. The Kier molecular flexibility index (Phi) is 2.90. The summed E-state index contributed by atoms with van der Waals surface area (Å²) >= 11 is 1.29. The third-order valence-corrected chi connectivity index (χ3v) is 3.85. The molecular weight excluding hydrogens is 232 g/mol. The first kappa shape index (κ1) is 11.7. The largest absolute Gasteiger partial charge is 0.396 e. The topological polar surface area (TPSA) is 69.1 Å². The van der Waals surface area contributed by atoms with Gasteiger partial charge in [-0.2, -0.15) is 0 Å². The molecule has 0 spiro atoms. The summed E-state index contributed by atoms with van der Waals surface area (Å²) in [5, 5.41) is 1.70. The van der Waals surface area contributed by atoms with Crippen LogP contribution in [0.1, 0.15) is 26.4 Å². The summed E-state index contributed by atoms with van der Waals surface area (Å²) in [5.41, 5.74) is 15.2. The van der Waals surface area contributed by atoms with Crippen LogP contribution in [0.25, 0.3) is 0 Å². The van der Waals surface area contributed by atoms with Crippen LogP contribution in [0.5, 0.6) is 0 Å². The number of rotatable bonds is 2. The molecule has 1 aromatic carbocycles. The van der Waals surface area contributed by atoms with E-state index in [0.717, 1.165) is 5.56 Å². The van der Waals surface area contributed by atoms with Crippen LogP contribution in [0.3, 0.4) is 0 Å². The number of thiophene rings is 1. The number of anilines is 2. The summed E-state index contributed by atoms with van der Waals surface area (Å²) < 4.78 is 0. The molecule has 0 saturated heterocycles. The number of nitrogen functional groups attached to an aromatic ring is 2. The Labute approximate surface area is 104 Å². The zero-order valence-electron chi connectivity index (χ0n) is 9.78. The van der Waals surface area contributed by atoms with Crippen molar-refractivity contribution in [2.24, 2.45) is 0 Å². The Morgan fingerprint density at radius 1 is 1.18 bits per heavy atom. The van der Waals surface area contributed by atoms with Crippen molar-refractivity contribution in [2.75, 3.05) is 11.5 Å². The third kappa shape index (κ3) is 2.03. The quantitative estimate of drug-likeness (QED) is 0.800. The van der Waals surface area contributed by atoms with E-state index in [4.69, 9.17) is 11.5 Å². The van der Waals surface area contributed by atoms with Gasteiger partial charge in [0.25, 0.3) is 0 Å². The summed E-state index contributed by atoms with van der Waals surface area (Å²) in [5.74, 6) is -0.0627. The summed E-state index contributed by atoms with van der Waals surface area (Å²) in [4.78, 5) is 12.7. The van der Waals surface area contributed by atoms with Crippen LogP contribution in [0.15, 0.2) is 23.6 Å². The molecule has 0 fully saturated rings. The molecule has 2 aromatic rings. The monoisotopic (exact) mass is 246 g/mol. The van der Waals surface area contributed by atoms with Gasteiger partial charge >= 0.3 is 0 Å². The average molecular weight is 246 g/mol. The predicted octanol–water partition coefficient (Wildman–Crippen LogP) is 2.76. The van der Waals surface area contributed by atoms with E-state index in [1.54, 1.807) is 5.38 Å². The van der Waals surface area contributed by atoms with Crippen LogP contribution >= 0.6 is 11.3 Å². The fraction of sp³-hybridized carbons (Fsp3) is 0.154. The van der Waals surface area contributed by atoms with Crippen molar-refractivity contribution >= 4 is 28.5 Å². The van der Waals surface area contributed by atoms with Crippen molar-refractivity contribution in [3.05, 3.63) is 45.1 Å². The molecular formula is C13H14N2OS. The van der Waals surface area contributed by atoms with E-state index < -0.39 is 0 Å². The zero-order valence-corrected chi connectivity index (χ0v) is 10.6. The summed E-state index contributed by atoms with van der Waals surface area (Å²) in [6.45, 7) is 4.00. The second-order valence-electron chi connectivity index (χ2n) is 4.06. The molecule has 0 unspecified atom stereocenters. The highest BCUT2D eigenvalue weighted by molar-refractivity contribution is 7.13. The van der Waals surface area contributed by atoms with Gasteiger partial charge in [0.15, 0.2) is 0 Å². The predicted molar refractivity (Wildman–Crippen MR) is 72.5 cm³/mol. The minimum atomic E-state index is -0.0627. The van der Waals surface area contributed by atoms with E-state index in [0.29, 0.717) is 21.8 Å². The van der Waals surface area contributed by atoms with Crippen molar-refractivity contribution in [2.45, 2.75) is 13.8 Å². The molecule has 0 saturated carbocycles. The normalized spacial score (nSPS) is 10.5. The van der Waals surface area contributed by atoms with Gasteiger partial charge in [0.1, 0.15) is 4.88 Å². The van der Waals surface area contributed by atoms with Gasteiger partial charge in [-0.15, -0.1) is 11.3 Å². The maximum Gasteiger partial charge on any atom is 0.205 e. The van der Waals surface area contributed by atoms with Gasteiger partial charge in [-0.25, -0.2) is 0 Å². The lowest BCUT2D eigenvalue weighted by molar-refractivity contribution is 0.104. The molecule has 0 aliphatic carbocycles. The number of aryl methyl sites for hydroxylation is 2. The molecule has 88 valence electrons. The smallest absolute Gasteiger partial charge is 0.205 e. The molecule has 0 radical (unpaired) electrons. The molecule has 0 aliphatic heterocycles. The fourth-order valence-electron chi connectivity index (χ4n) is 1.57. The van der Waals surface area contributed by atoms with E-state index >= 15 is 0 Å². The minimum Gasteiger partial charge on any atom is -0.396 e. The first-order valence-electron chi connectivity index (χ1n) is 5.25. The minimum absolute atomic E-state index is 0.0627. The van der Waals surface area contributed by atoms with Crippen LogP contribution in [-0.4, -0.2) is 5.78 Å². The lowest BCUT2D eigenvalue weighted by Crippen LogP contribution is -2.03. The van der Waals surface area contributed by atoms with Crippen molar-refractivity contribution in [3.63, 3.8) is 0 Å². The van der Waals surface area contributed by atoms with E-state index in [9.17, 15) is 4.79 Å². The van der Waals surface area contributed by atoms with E-state index in [2.05, 4.69) is 0 Å². The summed E-state index contributed by atoms with van der Waals surface area (Å²) in [7, 11) is 0. The lowest BCUT2D eigenvalue weighted by Gasteiger charge is -2.04. The van der Waals surface area contributed by atoms with Gasteiger partial charge in [-0.1, -0.05) is 12.1 Å². The third-order valence-electron chi connectivity index (χ3n) is 2.83. The molecule has 1 aromatic heterocycles. The number of carbonyl (C=O) groups is 1. The Hall–Kier alpha value is -1.81. The van der Waals surface area contributed by atoms with Crippen LogP contribution in [0, 0.1) is 13.8 Å². The Bertz CT molecular complexity index is 587. The van der Waals surface area contributed by atoms with Crippen molar-refractivity contribution in [3.8, 4) is 0 Å². The van der Waals surface area contributed by atoms with Crippen LogP contribution in [0.4, 0.5) is 11.4 Å². The number of nitrogens with two attached hydrogens (primary N) is 2. The standard InChI is InChI=1S/C13H14N2OS/c1-7-3-4-9(5-8(7)2)12(16)13-11(15)10(14)6-17-13/h3-6H,14-15H2,1-2H3. The molecule has 0 aliphatic rings. The Morgan fingerprint density at radius 3 is 2.41 bits per heavy atom.